The Hall–Kier alpha value is -3.44. The Bertz CT molecular complexity index is 1250. The van der Waals surface area contributed by atoms with Gasteiger partial charge in [-0.15, -0.1) is 0 Å². The summed E-state index contributed by atoms with van der Waals surface area (Å²) in [6.07, 6.45) is 2.59. The van der Waals surface area contributed by atoms with Gasteiger partial charge in [-0.3, -0.25) is 4.79 Å². The molecule has 2 heterocycles. The smallest absolute Gasteiger partial charge is 0.220 e. The highest BCUT2D eigenvalue weighted by atomic mass is 16.1. The van der Waals surface area contributed by atoms with E-state index in [1.54, 1.807) is 0 Å². The third-order valence-electron chi connectivity index (χ3n) is 6.28. The Morgan fingerprint density at radius 2 is 1.88 bits per heavy atom. The molecule has 0 aliphatic carbocycles. The van der Waals surface area contributed by atoms with Gasteiger partial charge in [0.25, 0.3) is 0 Å². The molecule has 1 aliphatic heterocycles. The monoisotopic (exact) mass is 424 g/mol. The number of H-pyrrole nitrogens is 1. The van der Waals surface area contributed by atoms with Crippen molar-refractivity contribution in [3.63, 3.8) is 0 Å². The third-order valence-corrected chi connectivity index (χ3v) is 6.28. The molecule has 1 saturated heterocycles. The summed E-state index contributed by atoms with van der Waals surface area (Å²) in [5.41, 5.74) is 7.99. The molecule has 5 rings (SSSR count). The van der Waals surface area contributed by atoms with Gasteiger partial charge in [-0.1, -0.05) is 54.6 Å². The number of aryl methyl sites for hydroxylation is 1. The maximum Gasteiger partial charge on any atom is 0.220 e. The minimum absolute atomic E-state index is 0.180. The lowest BCUT2D eigenvalue weighted by Gasteiger charge is -2.11. The predicted molar refractivity (Wildman–Crippen MR) is 129 cm³/mol. The van der Waals surface area contributed by atoms with Crippen molar-refractivity contribution in [3.05, 3.63) is 77.9 Å². The molecule has 0 spiro atoms. The lowest BCUT2D eigenvalue weighted by Crippen LogP contribution is -2.29. The summed E-state index contributed by atoms with van der Waals surface area (Å²) in [5, 5.41) is 6.52. The Morgan fingerprint density at radius 1 is 1.03 bits per heavy atom. The van der Waals surface area contributed by atoms with Gasteiger partial charge in [-0.2, -0.15) is 0 Å². The van der Waals surface area contributed by atoms with Crippen molar-refractivity contribution >= 4 is 16.9 Å². The summed E-state index contributed by atoms with van der Waals surface area (Å²) in [6, 6.07) is 23.6. The minimum Gasteiger partial charge on any atom is -0.353 e. The van der Waals surface area contributed by atoms with Crippen molar-refractivity contribution in [1.82, 2.24) is 20.6 Å². The molecular formula is C27H28N4O. The average Bonchev–Trinajstić information content (AvgIpc) is 3.44. The van der Waals surface area contributed by atoms with Gasteiger partial charge in [0.1, 0.15) is 5.82 Å². The van der Waals surface area contributed by atoms with Crippen LogP contribution in [0.3, 0.4) is 0 Å². The number of aromatic amines is 1. The van der Waals surface area contributed by atoms with Gasteiger partial charge >= 0.3 is 0 Å². The number of hydrogen-bond donors (Lipinski definition) is 3. The summed E-state index contributed by atoms with van der Waals surface area (Å²) in [4.78, 5) is 19.8. The first-order chi connectivity index (χ1) is 15.7. The second kappa shape index (κ2) is 8.97. The molecule has 1 fully saturated rings. The number of carbonyl (C=O) groups excluding carboxylic acids is 1. The van der Waals surface area contributed by atoms with Crippen molar-refractivity contribution in [3.8, 4) is 22.5 Å². The molecule has 3 aromatic carbocycles. The molecule has 5 heteroatoms. The minimum atomic E-state index is 0.180. The van der Waals surface area contributed by atoms with Crippen LogP contribution >= 0.6 is 0 Å². The number of hydrogen-bond acceptors (Lipinski definition) is 3. The van der Waals surface area contributed by atoms with Crippen LogP contribution in [0.25, 0.3) is 33.5 Å². The number of aromatic nitrogens is 2. The second-order valence-corrected chi connectivity index (χ2v) is 8.55. The summed E-state index contributed by atoms with van der Waals surface area (Å²) >= 11 is 0. The number of rotatable bonds is 7. The lowest BCUT2D eigenvalue weighted by molar-refractivity contribution is -0.119. The number of carbonyl (C=O) groups is 1. The largest absolute Gasteiger partial charge is 0.353 e. The van der Waals surface area contributed by atoms with Crippen molar-refractivity contribution in [2.24, 2.45) is 0 Å². The zero-order valence-corrected chi connectivity index (χ0v) is 18.3. The van der Waals surface area contributed by atoms with E-state index >= 15 is 0 Å². The van der Waals surface area contributed by atoms with Gasteiger partial charge in [0.05, 0.1) is 11.0 Å². The lowest BCUT2D eigenvalue weighted by atomic mass is 9.99. The van der Waals surface area contributed by atoms with E-state index in [1.807, 2.05) is 6.07 Å². The zero-order valence-electron chi connectivity index (χ0n) is 18.3. The maximum absolute atomic E-state index is 11.3. The van der Waals surface area contributed by atoms with E-state index in [0.717, 1.165) is 48.4 Å². The van der Waals surface area contributed by atoms with Gasteiger partial charge in [0, 0.05) is 24.6 Å². The first-order valence-corrected chi connectivity index (χ1v) is 11.3. The van der Waals surface area contributed by atoms with E-state index in [2.05, 4.69) is 83.2 Å². The summed E-state index contributed by atoms with van der Waals surface area (Å²) < 4.78 is 0. The van der Waals surface area contributed by atoms with Crippen molar-refractivity contribution in [2.75, 3.05) is 6.54 Å². The molecule has 1 aliphatic rings. The highest BCUT2D eigenvalue weighted by Crippen LogP contribution is 2.30. The third kappa shape index (κ3) is 4.30. The predicted octanol–water partition coefficient (Wildman–Crippen LogP) is 4.96. The molecule has 5 nitrogen and oxygen atoms in total. The van der Waals surface area contributed by atoms with Gasteiger partial charge in [-0.25, -0.2) is 4.98 Å². The molecular weight excluding hydrogens is 396 g/mol. The van der Waals surface area contributed by atoms with E-state index < -0.39 is 0 Å². The fourth-order valence-corrected chi connectivity index (χ4v) is 4.51. The number of amides is 1. The maximum atomic E-state index is 11.3. The molecule has 0 saturated carbocycles. The van der Waals surface area contributed by atoms with Gasteiger partial charge < -0.3 is 15.6 Å². The summed E-state index contributed by atoms with van der Waals surface area (Å²) in [7, 11) is 0. The van der Waals surface area contributed by atoms with Crippen LogP contribution in [-0.2, 0) is 11.3 Å². The van der Waals surface area contributed by atoms with Gasteiger partial charge in [0.15, 0.2) is 0 Å². The zero-order chi connectivity index (χ0) is 21.9. The summed E-state index contributed by atoms with van der Waals surface area (Å²) in [6.45, 7) is 3.83. The highest BCUT2D eigenvalue weighted by molar-refractivity contribution is 5.88. The molecule has 3 N–H and O–H groups in total. The Kier molecular flexibility index (Phi) is 5.73. The van der Waals surface area contributed by atoms with Crippen LogP contribution in [0.2, 0.25) is 0 Å². The van der Waals surface area contributed by atoms with E-state index in [-0.39, 0.29) is 5.91 Å². The van der Waals surface area contributed by atoms with E-state index in [1.165, 1.54) is 22.3 Å². The standard InChI is InChI=1S/C27H28N4O/c1-18-23(20-7-3-2-4-8-20)11-12-24-26(18)31-27(30-24)21-9-5-6-19(16-21)17-28-15-14-22-10-13-25(32)29-22/h2-9,11-12,16,22,28H,10,13-15,17H2,1H3,(H,29,32)(H,30,31)/t22-/m0/s1. The van der Waals surface area contributed by atoms with Gasteiger partial charge in [0.2, 0.25) is 5.91 Å². The molecule has 1 aromatic heterocycles. The number of imidazole rings is 1. The van der Waals surface area contributed by atoms with E-state index in [9.17, 15) is 4.79 Å². The molecule has 1 amide bonds. The van der Waals surface area contributed by atoms with Crippen LogP contribution < -0.4 is 10.6 Å². The molecule has 0 radical (unpaired) electrons. The summed E-state index contributed by atoms with van der Waals surface area (Å²) in [5.74, 6) is 1.07. The molecule has 0 unspecified atom stereocenters. The molecule has 32 heavy (non-hydrogen) atoms. The highest BCUT2D eigenvalue weighted by Gasteiger charge is 2.19. The number of nitrogens with zero attached hydrogens (tertiary/aromatic N) is 1. The SMILES string of the molecule is Cc1c(-c2ccccc2)ccc2[nH]c(-c3cccc(CNCC[C@@H]4CCC(=O)N4)c3)nc12. The number of fused-ring (bicyclic) bond motifs is 1. The Balaban J connectivity index is 1.31. The number of nitrogens with one attached hydrogen (secondary N) is 3. The normalized spacial score (nSPS) is 15.9. The molecule has 4 aromatic rings. The fourth-order valence-electron chi connectivity index (χ4n) is 4.51. The van der Waals surface area contributed by atoms with Crippen LogP contribution in [-0.4, -0.2) is 28.5 Å². The van der Waals surface area contributed by atoms with Crippen LogP contribution in [0.1, 0.15) is 30.4 Å². The van der Waals surface area contributed by atoms with E-state index in [0.29, 0.717) is 12.5 Å². The first kappa shape index (κ1) is 20.5. The first-order valence-electron chi connectivity index (χ1n) is 11.3. The van der Waals surface area contributed by atoms with Crippen molar-refractivity contribution < 1.29 is 4.79 Å². The van der Waals surface area contributed by atoms with Crippen molar-refractivity contribution in [1.29, 1.82) is 0 Å². The Morgan fingerprint density at radius 3 is 2.69 bits per heavy atom. The van der Waals surface area contributed by atoms with Crippen LogP contribution in [0, 0.1) is 6.92 Å². The topological polar surface area (TPSA) is 69.8 Å². The molecule has 1 atom stereocenters. The fraction of sp³-hybridized carbons (Fsp3) is 0.259. The van der Waals surface area contributed by atoms with E-state index in [4.69, 9.17) is 4.98 Å². The quantitative estimate of drug-likeness (QED) is 0.367. The second-order valence-electron chi connectivity index (χ2n) is 8.55. The molecule has 162 valence electrons. The molecule has 0 bridgehead atoms. The van der Waals surface area contributed by atoms with Crippen LogP contribution in [0.4, 0.5) is 0 Å². The van der Waals surface area contributed by atoms with Crippen molar-refractivity contribution in [2.45, 2.75) is 38.8 Å². The van der Waals surface area contributed by atoms with Gasteiger partial charge in [-0.05, 0) is 60.7 Å². The van der Waals surface area contributed by atoms with Crippen LogP contribution in [0.5, 0.6) is 0 Å². The number of benzene rings is 3. The average molecular weight is 425 g/mol. The Labute approximate surface area is 188 Å². The van der Waals surface area contributed by atoms with Crippen LogP contribution in [0.15, 0.2) is 66.7 Å².